The third-order valence-corrected chi connectivity index (χ3v) is 4.58. The maximum Gasteiger partial charge on any atom is 0.247 e. The number of benzene rings is 1. The maximum absolute atomic E-state index is 12.9. The minimum absolute atomic E-state index is 0. The summed E-state index contributed by atoms with van der Waals surface area (Å²) in [6.07, 6.45) is 4.10. The van der Waals surface area contributed by atoms with Crippen molar-refractivity contribution in [3.05, 3.63) is 58.1 Å². The van der Waals surface area contributed by atoms with E-state index in [1.807, 2.05) is 30.5 Å². The summed E-state index contributed by atoms with van der Waals surface area (Å²) >= 11 is 3.39. The Morgan fingerprint density at radius 3 is 2.74 bits per heavy atom. The predicted molar refractivity (Wildman–Crippen MR) is 94.1 cm³/mol. The molecular weight excluding hydrogens is 380 g/mol. The van der Waals surface area contributed by atoms with Gasteiger partial charge in [0.25, 0.3) is 0 Å². The van der Waals surface area contributed by atoms with Crippen LogP contribution < -0.4 is 5.73 Å². The summed E-state index contributed by atoms with van der Waals surface area (Å²) in [7, 11) is 0. The Morgan fingerprint density at radius 2 is 2.04 bits per heavy atom. The molecule has 0 saturated heterocycles. The molecule has 122 valence electrons. The Kier molecular flexibility index (Phi) is 5.39. The normalized spacial score (nSPS) is 16.0. The molecule has 0 aliphatic carbocycles. The lowest BCUT2D eigenvalue weighted by molar-refractivity contribution is -0.137. The monoisotopic (exact) mass is 396 g/mol. The minimum Gasteiger partial charge on any atom is -0.335 e. The lowest BCUT2D eigenvalue weighted by atomic mass is 9.90. The van der Waals surface area contributed by atoms with Crippen LogP contribution in [0.15, 0.2) is 41.3 Å². The van der Waals surface area contributed by atoms with E-state index in [2.05, 4.69) is 25.9 Å². The molecule has 0 radical (unpaired) electrons. The quantitative estimate of drug-likeness (QED) is 0.845. The highest BCUT2D eigenvalue weighted by atomic mass is 79.9. The molecule has 1 atom stereocenters. The van der Waals surface area contributed by atoms with Crippen molar-refractivity contribution in [1.29, 1.82) is 0 Å². The van der Waals surface area contributed by atoms with Crippen LogP contribution in [-0.4, -0.2) is 27.3 Å². The number of fused-ring (bicyclic) bond motifs is 1. The number of nitrogens with zero attached hydrogens (tertiary/aromatic N) is 3. The average molecular weight is 398 g/mol. The molecular formula is C16H18BrClN4O. The molecule has 2 N–H and O–H groups in total. The zero-order chi connectivity index (χ0) is 15.7. The Balaban J connectivity index is 0.00000192. The van der Waals surface area contributed by atoms with E-state index < -0.39 is 5.54 Å². The number of nitrogens with two attached hydrogens (primary N) is 1. The zero-order valence-electron chi connectivity index (χ0n) is 12.7. The second kappa shape index (κ2) is 6.95. The fraction of sp³-hybridized carbons (Fsp3) is 0.312. The molecule has 1 unspecified atom stereocenters. The largest absolute Gasteiger partial charge is 0.335 e. The van der Waals surface area contributed by atoms with E-state index in [0.717, 1.165) is 27.7 Å². The van der Waals surface area contributed by atoms with E-state index in [4.69, 9.17) is 5.73 Å². The number of rotatable bonds is 2. The minimum atomic E-state index is -1.05. The summed E-state index contributed by atoms with van der Waals surface area (Å²) in [6.45, 7) is 2.89. The van der Waals surface area contributed by atoms with Gasteiger partial charge in [-0.1, -0.05) is 28.1 Å². The highest BCUT2D eigenvalue weighted by Gasteiger charge is 2.36. The van der Waals surface area contributed by atoms with Gasteiger partial charge in [0.15, 0.2) is 0 Å². The highest BCUT2D eigenvalue weighted by molar-refractivity contribution is 9.10. The fourth-order valence-electron chi connectivity index (χ4n) is 2.67. The first-order valence-electron chi connectivity index (χ1n) is 7.10. The highest BCUT2D eigenvalue weighted by Crippen LogP contribution is 2.25. The van der Waals surface area contributed by atoms with Crippen molar-refractivity contribution in [2.24, 2.45) is 5.73 Å². The van der Waals surface area contributed by atoms with E-state index in [1.54, 1.807) is 11.8 Å². The number of hydrogen-bond donors (Lipinski definition) is 1. The van der Waals surface area contributed by atoms with Gasteiger partial charge >= 0.3 is 0 Å². The number of amides is 1. The smallest absolute Gasteiger partial charge is 0.247 e. The van der Waals surface area contributed by atoms with Crippen LogP contribution in [0.2, 0.25) is 0 Å². The third kappa shape index (κ3) is 3.54. The van der Waals surface area contributed by atoms with Crippen LogP contribution in [0.25, 0.3) is 0 Å². The van der Waals surface area contributed by atoms with E-state index in [-0.39, 0.29) is 18.3 Å². The van der Waals surface area contributed by atoms with Gasteiger partial charge in [-0.05, 0) is 36.6 Å². The van der Waals surface area contributed by atoms with Gasteiger partial charge in [-0.25, -0.2) is 9.97 Å². The van der Waals surface area contributed by atoms with Crippen molar-refractivity contribution in [2.45, 2.75) is 25.4 Å². The summed E-state index contributed by atoms with van der Waals surface area (Å²) in [6, 6.07) is 7.54. The number of hydrogen-bond acceptors (Lipinski definition) is 4. The molecule has 1 aromatic heterocycles. The predicted octanol–water partition coefficient (Wildman–Crippen LogP) is 2.42. The first-order chi connectivity index (χ1) is 10.5. The van der Waals surface area contributed by atoms with Crippen molar-refractivity contribution in [3.8, 4) is 0 Å². The maximum atomic E-state index is 12.9. The number of halogens is 2. The molecule has 0 saturated carbocycles. The van der Waals surface area contributed by atoms with Crippen LogP contribution >= 0.6 is 28.3 Å². The standard InChI is InChI=1S/C16H17BrN4O.ClH/c1-16(18,12-2-4-13(17)5-3-12)15(22)21-7-6-11-8-19-10-20-14(11)9-21;/h2-5,8,10H,6-7,9,18H2,1H3;1H. The van der Waals surface area contributed by atoms with Gasteiger partial charge in [0.1, 0.15) is 11.9 Å². The number of carbonyl (C=O) groups is 1. The van der Waals surface area contributed by atoms with Crippen molar-refractivity contribution in [1.82, 2.24) is 14.9 Å². The molecule has 23 heavy (non-hydrogen) atoms. The Hall–Kier alpha value is -1.50. The molecule has 3 rings (SSSR count). The average Bonchev–Trinajstić information content (AvgIpc) is 2.54. The molecule has 1 aliphatic heterocycles. The molecule has 2 heterocycles. The molecule has 0 bridgehead atoms. The number of aromatic nitrogens is 2. The summed E-state index contributed by atoms with van der Waals surface area (Å²) in [5.41, 5.74) is 8.10. The molecule has 7 heteroatoms. The van der Waals surface area contributed by atoms with E-state index in [1.165, 1.54) is 6.33 Å². The van der Waals surface area contributed by atoms with E-state index in [9.17, 15) is 4.79 Å². The van der Waals surface area contributed by atoms with Gasteiger partial charge in [-0.15, -0.1) is 12.4 Å². The van der Waals surface area contributed by atoms with Gasteiger partial charge in [0.05, 0.1) is 12.2 Å². The van der Waals surface area contributed by atoms with Crippen LogP contribution in [0, 0.1) is 0 Å². The van der Waals surface area contributed by atoms with Crippen molar-refractivity contribution >= 4 is 34.2 Å². The van der Waals surface area contributed by atoms with Crippen LogP contribution in [-0.2, 0) is 23.3 Å². The molecule has 0 spiro atoms. The summed E-state index contributed by atoms with van der Waals surface area (Å²) in [5, 5.41) is 0. The summed E-state index contributed by atoms with van der Waals surface area (Å²) in [5.74, 6) is -0.0842. The van der Waals surface area contributed by atoms with Gasteiger partial charge < -0.3 is 10.6 Å². The van der Waals surface area contributed by atoms with Gasteiger partial charge in [0, 0.05) is 17.2 Å². The second-order valence-corrected chi connectivity index (χ2v) is 6.60. The Morgan fingerprint density at radius 1 is 1.35 bits per heavy atom. The third-order valence-electron chi connectivity index (χ3n) is 4.05. The molecule has 1 amide bonds. The molecule has 5 nitrogen and oxygen atoms in total. The number of carbonyl (C=O) groups excluding carboxylic acids is 1. The summed E-state index contributed by atoms with van der Waals surface area (Å²) in [4.78, 5) is 22.9. The van der Waals surface area contributed by atoms with E-state index >= 15 is 0 Å². The summed E-state index contributed by atoms with van der Waals surface area (Å²) < 4.78 is 0.961. The van der Waals surface area contributed by atoms with Crippen molar-refractivity contribution < 1.29 is 4.79 Å². The van der Waals surface area contributed by atoms with Crippen molar-refractivity contribution in [2.75, 3.05) is 6.54 Å². The Bertz CT molecular complexity index is 705. The van der Waals surface area contributed by atoms with Crippen LogP contribution in [0.3, 0.4) is 0 Å². The van der Waals surface area contributed by atoms with Crippen LogP contribution in [0.4, 0.5) is 0 Å². The van der Waals surface area contributed by atoms with Gasteiger partial charge in [-0.3, -0.25) is 4.79 Å². The fourth-order valence-corrected chi connectivity index (χ4v) is 2.94. The molecule has 1 aromatic carbocycles. The van der Waals surface area contributed by atoms with Crippen LogP contribution in [0.1, 0.15) is 23.7 Å². The topological polar surface area (TPSA) is 72.1 Å². The SMILES string of the molecule is CC(N)(C(=O)N1CCc2cncnc2C1)c1ccc(Br)cc1.Cl. The zero-order valence-corrected chi connectivity index (χ0v) is 15.1. The van der Waals surface area contributed by atoms with Crippen molar-refractivity contribution in [3.63, 3.8) is 0 Å². The Labute approximate surface area is 149 Å². The lowest BCUT2D eigenvalue weighted by Gasteiger charge is -2.34. The second-order valence-electron chi connectivity index (χ2n) is 5.68. The van der Waals surface area contributed by atoms with Gasteiger partial charge in [-0.2, -0.15) is 0 Å². The van der Waals surface area contributed by atoms with Crippen LogP contribution in [0.5, 0.6) is 0 Å². The van der Waals surface area contributed by atoms with Gasteiger partial charge in [0.2, 0.25) is 5.91 Å². The first-order valence-corrected chi connectivity index (χ1v) is 7.90. The van der Waals surface area contributed by atoms with E-state index in [0.29, 0.717) is 13.1 Å². The molecule has 0 fully saturated rings. The molecule has 1 aliphatic rings. The first kappa shape index (κ1) is 17.8. The molecule has 2 aromatic rings. The lowest BCUT2D eigenvalue weighted by Crippen LogP contribution is -2.52.